The predicted molar refractivity (Wildman–Crippen MR) is 117 cm³/mol. The average molecular weight is 396 g/mol. The lowest BCUT2D eigenvalue weighted by atomic mass is 10.2. The van der Waals surface area contributed by atoms with Gasteiger partial charge in [0, 0.05) is 30.2 Å². The molecular formula is C21H25N5OS. The maximum absolute atomic E-state index is 5.92. The number of para-hydroxylation sites is 1. The smallest absolute Gasteiger partial charge is 0.212 e. The van der Waals surface area contributed by atoms with Gasteiger partial charge in [0.05, 0.1) is 12.3 Å². The van der Waals surface area contributed by atoms with Crippen LogP contribution in [0.3, 0.4) is 0 Å². The Morgan fingerprint density at radius 1 is 1.11 bits per heavy atom. The number of hydrogen-bond acceptors (Lipinski definition) is 5. The molecule has 0 saturated heterocycles. The minimum absolute atomic E-state index is 0.0101. The highest BCUT2D eigenvalue weighted by atomic mass is 32.1. The summed E-state index contributed by atoms with van der Waals surface area (Å²) in [6.45, 7) is 1.68. The molecule has 0 amide bonds. The second kappa shape index (κ2) is 9.75. The van der Waals surface area contributed by atoms with Crippen molar-refractivity contribution in [1.29, 1.82) is 0 Å². The molecule has 0 bridgehead atoms. The minimum Gasteiger partial charge on any atom is -0.494 e. The average Bonchev–Trinajstić information content (AvgIpc) is 3.16. The van der Waals surface area contributed by atoms with E-state index >= 15 is 0 Å². The van der Waals surface area contributed by atoms with Crippen LogP contribution in [-0.4, -0.2) is 31.1 Å². The van der Waals surface area contributed by atoms with Crippen molar-refractivity contribution in [2.75, 3.05) is 25.1 Å². The van der Waals surface area contributed by atoms with Gasteiger partial charge in [-0.1, -0.05) is 30.3 Å². The maximum Gasteiger partial charge on any atom is 0.212 e. The molecule has 2 aromatic carbocycles. The molecule has 6 nitrogen and oxygen atoms in total. The number of rotatable bonds is 9. The Kier molecular flexibility index (Phi) is 6.86. The van der Waals surface area contributed by atoms with E-state index in [9.17, 15) is 0 Å². The van der Waals surface area contributed by atoms with Crippen molar-refractivity contribution in [3.63, 3.8) is 0 Å². The van der Waals surface area contributed by atoms with Crippen LogP contribution in [0.4, 0.5) is 10.8 Å². The summed E-state index contributed by atoms with van der Waals surface area (Å²) in [5, 5.41) is 2.48. The molecule has 1 aromatic heterocycles. The number of aromatic nitrogens is 1. The van der Waals surface area contributed by atoms with Crippen molar-refractivity contribution in [3.8, 4) is 17.0 Å². The van der Waals surface area contributed by atoms with Gasteiger partial charge >= 0.3 is 0 Å². The first-order chi connectivity index (χ1) is 13.6. The normalized spacial score (nSPS) is 10.5. The summed E-state index contributed by atoms with van der Waals surface area (Å²) in [5.74, 6) is 0.848. The number of hydrogen-bond donors (Lipinski definition) is 2. The maximum atomic E-state index is 5.92. The lowest BCUT2D eigenvalue weighted by molar-refractivity contribution is 0.307. The fourth-order valence-corrected chi connectivity index (χ4v) is 3.47. The Morgan fingerprint density at radius 3 is 2.71 bits per heavy atom. The highest BCUT2D eigenvalue weighted by Crippen LogP contribution is 2.28. The fraction of sp³-hybridized carbons (Fsp3) is 0.238. The second-order valence-corrected chi connectivity index (χ2v) is 7.23. The largest absolute Gasteiger partial charge is 0.494 e. The van der Waals surface area contributed by atoms with Crippen LogP contribution in [0.5, 0.6) is 5.75 Å². The second-order valence-electron chi connectivity index (χ2n) is 6.39. The third-order valence-electron chi connectivity index (χ3n) is 4.20. The van der Waals surface area contributed by atoms with Crippen LogP contribution >= 0.6 is 11.3 Å². The Labute approximate surface area is 169 Å². The van der Waals surface area contributed by atoms with Gasteiger partial charge in [0.15, 0.2) is 5.96 Å². The van der Waals surface area contributed by atoms with E-state index in [2.05, 4.69) is 46.2 Å². The molecular weight excluding hydrogens is 370 g/mol. The monoisotopic (exact) mass is 395 g/mol. The SMILES string of the molecule is CN(CCCCOc1cccc(-c2csc(N=C(N)N)n2)c1)c1ccccc1. The van der Waals surface area contributed by atoms with E-state index in [1.54, 1.807) is 0 Å². The topological polar surface area (TPSA) is 89.8 Å². The molecule has 3 rings (SSSR count). The Hall–Kier alpha value is -3.06. The molecule has 146 valence electrons. The first-order valence-corrected chi connectivity index (χ1v) is 10.0. The Bertz CT molecular complexity index is 906. The zero-order chi connectivity index (χ0) is 19.8. The Balaban J connectivity index is 1.47. The predicted octanol–water partition coefficient (Wildman–Crippen LogP) is 4.01. The van der Waals surface area contributed by atoms with Crippen molar-refractivity contribution >= 4 is 28.1 Å². The van der Waals surface area contributed by atoms with Crippen LogP contribution in [0.25, 0.3) is 11.3 Å². The van der Waals surface area contributed by atoms with E-state index in [0.717, 1.165) is 36.4 Å². The molecule has 0 aliphatic rings. The number of guanidine groups is 1. The molecule has 0 aliphatic carbocycles. The quantitative estimate of drug-likeness (QED) is 0.325. The van der Waals surface area contributed by atoms with E-state index in [1.165, 1.54) is 17.0 Å². The van der Waals surface area contributed by atoms with Crippen LogP contribution in [0, 0.1) is 0 Å². The number of ether oxygens (including phenoxy) is 1. The zero-order valence-electron chi connectivity index (χ0n) is 15.9. The highest BCUT2D eigenvalue weighted by molar-refractivity contribution is 7.13. The van der Waals surface area contributed by atoms with Gasteiger partial charge < -0.3 is 21.1 Å². The summed E-state index contributed by atoms with van der Waals surface area (Å²) in [7, 11) is 2.12. The first kappa shape index (κ1) is 19.7. The van der Waals surface area contributed by atoms with Gasteiger partial charge in [-0.15, -0.1) is 11.3 Å². The molecule has 0 saturated carbocycles. The number of nitrogens with two attached hydrogens (primary N) is 2. The van der Waals surface area contributed by atoms with Gasteiger partial charge in [0.2, 0.25) is 5.13 Å². The van der Waals surface area contributed by atoms with Crippen LogP contribution in [-0.2, 0) is 0 Å². The van der Waals surface area contributed by atoms with E-state index in [-0.39, 0.29) is 5.96 Å². The van der Waals surface area contributed by atoms with Crippen LogP contribution in [0.15, 0.2) is 65.0 Å². The summed E-state index contributed by atoms with van der Waals surface area (Å²) in [5.41, 5.74) is 13.8. The summed E-state index contributed by atoms with van der Waals surface area (Å²) in [4.78, 5) is 10.7. The fourth-order valence-electron chi connectivity index (χ4n) is 2.76. The summed E-state index contributed by atoms with van der Waals surface area (Å²) < 4.78 is 5.92. The summed E-state index contributed by atoms with van der Waals surface area (Å²) in [6.07, 6.45) is 2.06. The van der Waals surface area contributed by atoms with Crippen molar-refractivity contribution in [2.45, 2.75) is 12.8 Å². The van der Waals surface area contributed by atoms with E-state index in [0.29, 0.717) is 11.7 Å². The molecule has 0 atom stereocenters. The third-order valence-corrected chi connectivity index (χ3v) is 4.93. The first-order valence-electron chi connectivity index (χ1n) is 9.16. The third kappa shape index (κ3) is 5.72. The molecule has 7 heteroatoms. The Morgan fingerprint density at radius 2 is 1.93 bits per heavy atom. The number of aliphatic imine (C=N–C) groups is 1. The molecule has 3 aromatic rings. The molecule has 1 heterocycles. The standard InChI is InChI=1S/C21H25N5OS/c1-26(17-9-3-2-4-10-17)12-5-6-13-27-18-11-7-8-16(14-18)19-15-28-21(24-19)25-20(22)23/h2-4,7-11,14-15H,5-6,12-13H2,1H3,(H4,22,23,24,25). The molecule has 28 heavy (non-hydrogen) atoms. The van der Waals surface area contributed by atoms with E-state index < -0.39 is 0 Å². The number of nitrogens with zero attached hydrogens (tertiary/aromatic N) is 3. The van der Waals surface area contributed by atoms with Crippen LogP contribution in [0.1, 0.15) is 12.8 Å². The van der Waals surface area contributed by atoms with Gasteiger partial charge in [-0.25, -0.2) is 4.98 Å². The molecule has 0 aliphatic heterocycles. The van der Waals surface area contributed by atoms with Crippen molar-refractivity contribution in [2.24, 2.45) is 16.5 Å². The highest BCUT2D eigenvalue weighted by Gasteiger charge is 2.06. The number of benzene rings is 2. The van der Waals surface area contributed by atoms with Gasteiger partial charge in [0.25, 0.3) is 0 Å². The number of anilines is 1. The molecule has 4 N–H and O–H groups in total. The van der Waals surface area contributed by atoms with Crippen LogP contribution in [0.2, 0.25) is 0 Å². The number of unbranched alkanes of at least 4 members (excludes halogenated alkanes) is 1. The lowest BCUT2D eigenvalue weighted by Gasteiger charge is -2.19. The van der Waals surface area contributed by atoms with Crippen molar-refractivity contribution in [3.05, 3.63) is 60.0 Å². The van der Waals surface area contributed by atoms with Crippen LogP contribution < -0.4 is 21.1 Å². The minimum atomic E-state index is 0.0101. The number of thiazole rings is 1. The molecule has 0 fully saturated rings. The van der Waals surface area contributed by atoms with E-state index in [1.807, 2.05) is 35.7 Å². The van der Waals surface area contributed by atoms with Gasteiger partial charge in [-0.3, -0.25) is 0 Å². The van der Waals surface area contributed by atoms with Crippen molar-refractivity contribution < 1.29 is 4.74 Å². The van der Waals surface area contributed by atoms with Gasteiger partial charge in [0.1, 0.15) is 5.75 Å². The lowest BCUT2D eigenvalue weighted by Crippen LogP contribution is -2.21. The summed E-state index contributed by atoms with van der Waals surface area (Å²) >= 11 is 1.40. The van der Waals surface area contributed by atoms with E-state index in [4.69, 9.17) is 16.2 Å². The summed E-state index contributed by atoms with van der Waals surface area (Å²) in [6, 6.07) is 18.3. The molecule has 0 unspecified atom stereocenters. The molecule has 0 spiro atoms. The zero-order valence-corrected chi connectivity index (χ0v) is 16.7. The molecule has 0 radical (unpaired) electrons. The van der Waals surface area contributed by atoms with Gasteiger partial charge in [-0.2, -0.15) is 4.99 Å². The van der Waals surface area contributed by atoms with Crippen molar-refractivity contribution in [1.82, 2.24) is 4.98 Å². The van der Waals surface area contributed by atoms with Gasteiger partial charge in [-0.05, 0) is 37.1 Å².